The fourth-order valence-electron chi connectivity index (χ4n) is 4.14. The van der Waals surface area contributed by atoms with Crippen molar-refractivity contribution in [1.29, 1.82) is 5.26 Å². The Labute approximate surface area is 192 Å². The summed E-state index contributed by atoms with van der Waals surface area (Å²) in [5, 5.41) is 11.7. The van der Waals surface area contributed by atoms with Gasteiger partial charge < -0.3 is 19.9 Å². The van der Waals surface area contributed by atoms with Crippen LogP contribution in [-0.4, -0.2) is 48.4 Å². The summed E-state index contributed by atoms with van der Waals surface area (Å²) in [6.45, 7) is 2.40. The van der Waals surface area contributed by atoms with E-state index in [9.17, 15) is 14.4 Å². The summed E-state index contributed by atoms with van der Waals surface area (Å²) in [6.07, 6.45) is 1.91. The molecule has 1 aliphatic heterocycles. The average molecular weight is 447 g/mol. The van der Waals surface area contributed by atoms with Crippen LogP contribution in [-0.2, 0) is 9.59 Å². The van der Waals surface area contributed by atoms with Gasteiger partial charge in [-0.3, -0.25) is 14.4 Å². The number of hydrogen-bond donors (Lipinski definition) is 1. The first-order chi connectivity index (χ1) is 16.0. The van der Waals surface area contributed by atoms with Gasteiger partial charge in [-0.2, -0.15) is 5.26 Å². The molecule has 1 aliphatic carbocycles. The van der Waals surface area contributed by atoms with Crippen LogP contribution in [0.15, 0.2) is 48.5 Å². The molecule has 8 nitrogen and oxygen atoms in total. The highest BCUT2D eigenvalue weighted by Crippen LogP contribution is 2.41. The topological polar surface area (TPSA) is 103 Å². The zero-order valence-electron chi connectivity index (χ0n) is 18.5. The van der Waals surface area contributed by atoms with Crippen molar-refractivity contribution < 1.29 is 19.1 Å². The van der Waals surface area contributed by atoms with Crippen molar-refractivity contribution in [3.63, 3.8) is 0 Å². The number of hydrogen-bond acceptors (Lipinski definition) is 5. The van der Waals surface area contributed by atoms with Crippen molar-refractivity contribution >= 4 is 23.4 Å². The van der Waals surface area contributed by atoms with Crippen LogP contribution in [0.25, 0.3) is 0 Å². The van der Waals surface area contributed by atoms with Crippen molar-refractivity contribution in [3.8, 4) is 11.8 Å². The average Bonchev–Trinajstić information content (AvgIpc) is 3.62. The maximum absolute atomic E-state index is 13.1. The summed E-state index contributed by atoms with van der Waals surface area (Å²) >= 11 is 0. The van der Waals surface area contributed by atoms with Gasteiger partial charge in [-0.05, 0) is 55.7 Å². The van der Waals surface area contributed by atoms with E-state index in [4.69, 9.17) is 10.00 Å². The normalized spacial score (nSPS) is 16.7. The Kier molecular flexibility index (Phi) is 6.59. The van der Waals surface area contributed by atoms with Gasteiger partial charge in [0.05, 0.1) is 25.6 Å². The first-order valence-corrected chi connectivity index (χ1v) is 11.1. The monoisotopic (exact) mass is 446 g/mol. The summed E-state index contributed by atoms with van der Waals surface area (Å²) < 4.78 is 5.44. The quantitative estimate of drug-likeness (QED) is 0.638. The lowest BCUT2D eigenvalue weighted by molar-refractivity contribution is -0.128. The highest BCUT2D eigenvalue weighted by atomic mass is 16.5. The molecule has 0 aromatic heterocycles. The first-order valence-electron chi connectivity index (χ1n) is 11.1. The minimum atomic E-state index is -0.730. The van der Waals surface area contributed by atoms with Crippen molar-refractivity contribution in [1.82, 2.24) is 10.2 Å². The molecule has 1 saturated carbocycles. The number of amides is 3. The predicted molar refractivity (Wildman–Crippen MR) is 122 cm³/mol. The number of nitrogens with one attached hydrogen (secondary N) is 1. The van der Waals surface area contributed by atoms with E-state index in [0.29, 0.717) is 29.2 Å². The lowest BCUT2D eigenvalue weighted by atomic mass is 10.0. The number of nitrogens with zero attached hydrogens (tertiary/aromatic N) is 3. The van der Waals surface area contributed by atoms with Crippen molar-refractivity contribution in [2.45, 2.75) is 38.3 Å². The SMILES string of the molecule is CCOc1ccc(N(CCC#N)C(=O)CNC(=O)C2c3ccccc3C(=O)N2C2CC2)cc1. The summed E-state index contributed by atoms with van der Waals surface area (Å²) in [5.41, 5.74) is 1.84. The molecule has 8 heteroatoms. The van der Waals surface area contributed by atoms with Crippen molar-refractivity contribution in [3.05, 3.63) is 59.7 Å². The Balaban J connectivity index is 1.47. The molecule has 0 radical (unpaired) electrons. The van der Waals surface area contributed by atoms with E-state index in [0.717, 1.165) is 12.8 Å². The van der Waals surface area contributed by atoms with Gasteiger partial charge in [-0.1, -0.05) is 18.2 Å². The van der Waals surface area contributed by atoms with Crippen LogP contribution in [0, 0.1) is 11.3 Å². The van der Waals surface area contributed by atoms with E-state index >= 15 is 0 Å². The van der Waals surface area contributed by atoms with Gasteiger partial charge in [0.25, 0.3) is 5.91 Å². The smallest absolute Gasteiger partial charge is 0.255 e. The van der Waals surface area contributed by atoms with Crippen molar-refractivity contribution in [2.24, 2.45) is 0 Å². The van der Waals surface area contributed by atoms with E-state index in [-0.39, 0.29) is 43.3 Å². The Morgan fingerprint density at radius 1 is 1.18 bits per heavy atom. The molecule has 0 spiro atoms. The highest BCUT2D eigenvalue weighted by Gasteiger charge is 2.47. The number of anilines is 1. The molecular weight excluding hydrogens is 420 g/mol. The van der Waals surface area contributed by atoms with Crippen LogP contribution < -0.4 is 15.0 Å². The van der Waals surface area contributed by atoms with E-state index in [1.807, 2.05) is 13.0 Å². The Hall–Kier alpha value is -3.86. The number of nitriles is 1. The second kappa shape index (κ2) is 9.74. The Morgan fingerprint density at radius 3 is 2.58 bits per heavy atom. The molecule has 4 rings (SSSR count). The number of fused-ring (bicyclic) bond motifs is 1. The fourth-order valence-corrected chi connectivity index (χ4v) is 4.14. The summed E-state index contributed by atoms with van der Waals surface area (Å²) in [7, 11) is 0. The maximum Gasteiger partial charge on any atom is 0.255 e. The molecule has 2 aliphatic rings. The lowest BCUT2D eigenvalue weighted by Gasteiger charge is -2.26. The second-order valence-corrected chi connectivity index (χ2v) is 8.03. The summed E-state index contributed by atoms with van der Waals surface area (Å²) in [5.74, 6) is -0.157. The molecule has 3 amide bonds. The van der Waals surface area contributed by atoms with Gasteiger partial charge in [-0.15, -0.1) is 0 Å². The first kappa shape index (κ1) is 22.3. The third-order valence-corrected chi connectivity index (χ3v) is 5.81. The molecular formula is C25H26N4O4. The zero-order valence-corrected chi connectivity index (χ0v) is 18.5. The second-order valence-electron chi connectivity index (χ2n) is 8.03. The van der Waals surface area contributed by atoms with Gasteiger partial charge in [0.2, 0.25) is 11.8 Å². The van der Waals surface area contributed by atoms with Crippen LogP contribution in [0.5, 0.6) is 5.75 Å². The molecule has 1 fully saturated rings. The molecule has 1 atom stereocenters. The van der Waals surface area contributed by atoms with Gasteiger partial charge in [0.15, 0.2) is 0 Å². The third kappa shape index (κ3) is 4.67. The molecule has 2 aromatic carbocycles. The third-order valence-electron chi connectivity index (χ3n) is 5.81. The van der Waals surface area contributed by atoms with E-state index in [2.05, 4.69) is 11.4 Å². The summed E-state index contributed by atoms with van der Waals surface area (Å²) in [6, 6.07) is 15.5. The van der Waals surface area contributed by atoms with E-state index in [1.54, 1.807) is 47.4 Å². The van der Waals surface area contributed by atoms with Crippen molar-refractivity contribution in [2.75, 3.05) is 24.6 Å². The van der Waals surface area contributed by atoms with Gasteiger partial charge in [0.1, 0.15) is 11.8 Å². The summed E-state index contributed by atoms with van der Waals surface area (Å²) in [4.78, 5) is 42.1. The fraction of sp³-hybridized carbons (Fsp3) is 0.360. The lowest BCUT2D eigenvalue weighted by Crippen LogP contribution is -2.45. The number of benzene rings is 2. The molecule has 1 heterocycles. The minimum Gasteiger partial charge on any atom is -0.494 e. The number of ether oxygens (including phenoxy) is 1. The zero-order chi connectivity index (χ0) is 23.4. The highest BCUT2D eigenvalue weighted by molar-refractivity contribution is 6.06. The molecule has 1 unspecified atom stereocenters. The standard InChI is InChI=1S/C25H26N4O4/c1-2-33-19-12-10-17(11-13-19)28(15-5-14-26)22(30)16-27-24(31)23-20-6-3-4-7-21(20)25(32)29(23)18-8-9-18/h3-4,6-7,10-13,18,23H,2,5,8-9,15-16H2,1H3,(H,27,31). The van der Waals surface area contributed by atoms with Gasteiger partial charge in [-0.25, -0.2) is 0 Å². The van der Waals surface area contributed by atoms with Crippen LogP contribution in [0.3, 0.4) is 0 Å². The number of rotatable bonds is 9. The number of carbonyl (C=O) groups excluding carboxylic acids is 3. The molecule has 0 saturated heterocycles. The van der Waals surface area contributed by atoms with E-state index in [1.165, 1.54) is 4.90 Å². The predicted octanol–water partition coefficient (Wildman–Crippen LogP) is 2.81. The molecule has 33 heavy (non-hydrogen) atoms. The Morgan fingerprint density at radius 2 is 1.91 bits per heavy atom. The maximum atomic E-state index is 13.1. The minimum absolute atomic E-state index is 0.0623. The molecule has 1 N–H and O–H groups in total. The molecule has 2 aromatic rings. The molecule has 170 valence electrons. The number of carbonyl (C=O) groups is 3. The van der Waals surface area contributed by atoms with Crippen LogP contribution in [0.1, 0.15) is 48.1 Å². The van der Waals surface area contributed by atoms with Crippen LogP contribution in [0.2, 0.25) is 0 Å². The molecule has 0 bridgehead atoms. The largest absolute Gasteiger partial charge is 0.494 e. The van der Waals surface area contributed by atoms with Gasteiger partial charge >= 0.3 is 0 Å². The Bertz CT molecular complexity index is 1090. The van der Waals surface area contributed by atoms with E-state index < -0.39 is 6.04 Å². The van der Waals surface area contributed by atoms with Crippen LogP contribution in [0.4, 0.5) is 5.69 Å². The van der Waals surface area contributed by atoms with Crippen LogP contribution >= 0.6 is 0 Å². The van der Waals surface area contributed by atoms with Gasteiger partial charge in [0, 0.05) is 23.8 Å².